The van der Waals surface area contributed by atoms with E-state index in [9.17, 15) is 4.79 Å². The van der Waals surface area contributed by atoms with Gasteiger partial charge in [0, 0.05) is 29.3 Å². The first-order valence-electron chi connectivity index (χ1n) is 13.9. The summed E-state index contributed by atoms with van der Waals surface area (Å²) in [6, 6.07) is 0.0982. The number of aromatic nitrogens is 3. The molecule has 39 heavy (non-hydrogen) atoms. The van der Waals surface area contributed by atoms with E-state index < -0.39 is 23.2 Å². The van der Waals surface area contributed by atoms with Gasteiger partial charge in [-0.3, -0.25) is 4.90 Å². The van der Waals surface area contributed by atoms with Gasteiger partial charge in [0.05, 0.1) is 11.4 Å². The third-order valence-electron chi connectivity index (χ3n) is 9.11. The lowest BCUT2D eigenvalue weighted by Crippen LogP contribution is -2.56. The molecule has 12 heteroatoms. The molecule has 1 amide bonds. The summed E-state index contributed by atoms with van der Waals surface area (Å²) in [5.74, 6) is -0.317. The molecule has 1 aliphatic carbocycles. The molecular formula is C27H37BrN6O5. The Morgan fingerprint density at radius 1 is 1.15 bits per heavy atom. The average molecular weight is 606 g/mol. The summed E-state index contributed by atoms with van der Waals surface area (Å²) in [6.45, 7) is 12.1. The van der Waals surface area contributed by atoms with Gasteiger partial charge >= 0.3 is 6.09 Å². The van der Waals surface area contributed by atoms with E-state index in [0.29, 0.717) is 24.6 Å². The van der Waals surface area contributed by atoms with Gasteiger partial charge in [0.1, 0.15) is 41.2 Å². The van der Waals surface area contributed by atoms with Crippen LogP contribution in [0.5, 0.6) is 0 Å². The Balaban J connectivity index is 1.15. The zero-order valence-corrected chi connectivity index (χ0v) is 24.7. The highest BCUT2D eigenvalue weighted by atomic mass is 79.9. The number of hydrogen-bond donors (Lipinski definition) is 1. The van der Waals surface area contributed by atoms with E-state index in [1.165, 1.54) is 6.33 Å². The van der Waals surface area contributed by atoms with Gasteiger partial charge in [0.15, 0.2) is 12.0 Å². The van der Waals surface area contributed by atoms with Crippen molar-refractivity contribution in [3.05, 3.63) is 17.0 Å². The number of piperidine rings is 1. The Morgan fingerprint density at radius 3 is 2.62 bits per heavy atom. The lowest BCUT2D eigenvalue weighted by Gasteiger charge is -2.46. The van der Waals surface area contributed by atoms with Gasteiger partial charge in [0.25, 0.3) is 0 Å². The molecule has 5 aliphatic rings. The number of anilines is 1. The number of carbonyl (C=O) groups is 1. The van der Waals surface area contributed by atoms with Gasteiger partial charge in [-0.15, -0.1) is 0 Å². The maximum absolute atomic E-state index is 12.7. The lowest BCUT2D eigenvalue weighted by atomic mass is 9.84. The number of hydrogen-bond acceptors (Lipinski definition) is 9. The van der Waals surface area contributed by atoms with Crippen LogP contribution < -0.4 is 5.73 Å². The van der Waals surface area contributed by atoms with Crippen LogP contribution in [0.4, 0.5) is 10.6 Å². The molecule has 5 atom stereocenters. The molecule has 1 saturated carbocycles. The van der Waals surface area contributed by atoms with E-state index in [1.54, 1.807) is 0 Å². The molecule has 1 unspecified atom stereocenters. The second kappa shape index (κ2) is 8.28. The van der Waals surface area contributed by atoms with Gasteiger partial charge in [-0.05, 0) is 82.8 Å². The number of amides is 1. The molecule has 4 saturated heterocycles. The van der Waals surface area contributed by atoms with Crippen LogP contribution >= 0.6 is 15.9 Å². The van der Waals surface area contributed by atoms with E-state index in [1.807, 2.05) is 50.3 Å². The molecule has 6 heterocycles. The molecule has 5 fully saturated rings. The minimum Gasteiger partial charge on any atom is -0.444 e. The Morgan fingerprint density at radius 2 is 1.90 bits per heavy atom. The van der Waals surface area contributed by atoms with Crippen molar-refractivity contribution in [2.24, 2.45) is 0 Å². The average Bonchev–Trinajstić information content (AvgIpc) is 3.23. The van der Waals surface area contributed by atoms with Crippen LogP contribution in [0.3, 0.4) is 0 Å². The third-order valence-corrected chi connectivity index (χ3v) is 9.71. The predicted molar refractivity (Wildman–Crippen MR) is 146 cm³/mol. The van der Waals surface area contributed by atoms with Crippen LogP contribution in [0, 0.1) is 0 Å². The summed E-state index contributed by atoms with van der Waals surface area (Å²) in [7, 11) is 0. The second-order valence-corrected chi connectivity index (χ2v) is 14.0. The Bertz CT molecular complexity index is 1330. The summed E-state index contributed by atoms with van der Waals surface area (Å²) < 4.78 is 28.6. The molecule has 7 rings (SSSR count). The highest BCUT2D eigenvalue weighted by Gasteiger charge is 2.85. The molecule has 2 N–H and O–H groups in total. The lowest BCUT2D eigenvalue weighted by molar-refractivity contribution is -0.183. The van der Waals surface area contributed by atoms with Crippen LogP contribution in [0.15, 0.2) is 17.0 Å². The summed E-state index contributed by atoms with van der Waals surface area (Å²) in [6.07, 6.45) is 6.43. The van der Waals surface area contributed by atoms with Gasteiger partial charge < -0.3 is 34.1 Å². The van der Waals surface area contributed by atoms with Crippen molar-refractivity contribution in [2.45, 2.75) is 107 Å². The van der Waals surface area contributed by atoms with Crippen LogP contribution in [0.25, 0.3) is 11.0 Å². The quantitative estimate of drug-likeness (QED) is 0.546. The molecule has 0 radical (unpaired) electrons. The summed E-state index contributed by atoms with van der Waals surface area (Å²) in [5.41, 5.74) is 5.83. The fourth-order valence-electron chi connectivity index (χ4n) is 7.61. The first-order chi connectivity index (χ1) is 18.4. The SMILES string of the molecule is CC(C)(C)OC(=O)N1CCC2(CCCN2C2[C@H]3O[C@@H](n4cc(Br)c5c(N)ncnc54)[C@@H]4OC(C)(C)O[C@]234)CC1. The van der Waals surface area contributed by atoms with Crippen molar-refractivity contribution in [3.63, 3.8) is 0 Å². The van der Waals surface area contributed by atoms with Gasteiger partial charge in [0.2, 0.25) is 0 Å². The van der Waals surface area contributed by atoms with Crippen LogP contribution in [-0.4, -0.2) is 90.8 Å². The molecule has 11 nitrogen and oxygen atoms in total. The van der Waals surface area contributed by atoms with Crippen LogP contribution in [0.2, 0.25) is 0 Å². The number of rotatable bonds is 2. The molecule has 2 aromatic rings. The Labute approximate surface area is 236 Å². The van der Waals surface area contributed by atoms with Crippen molar-refractivity contribution in [2.75, 3.05) is 25.4 Å². The molecule has 0 bridgehead atoms. The molecule has 2 aromatic heterocycles. The first-order valence-corrected chi connectivity index (χ1v) is 14.7. The number of carbonyl (C=O) groups excluding carboxylic acids is 1. The smallest absolute Gasteiger partial charge is 0.410 e. The summed E-state index contributed by atoms with van der Waals surface area (Å²) >= 11 is 3.63. The predicted octanol–water partition coefficient (Wildman–Crippen LogP) is 3.81. The maximum atomic E-state index is 12.7. The highest BCUT2D eigenvalue weighted by Crippen LogP contribution is 2.67. The molecule has 0 aromatic carbocycles. The molecular weight excluding hydrogens is 568 g/mol. The van der Waals surface area contributed by atoms with E-state index >= 15 is 0 Å². The molecule has 4 aliphatic heterocycles. The third kappa shape index (κ3) is 3.78. The maximum Gasteiger partial charge on any atom is 0.410 e. The number of nitrogens with zero attached hydrogens (tertiary/aromatic N) is 5. The Hall–Kier alpha value is -1.99. The minimum absolute atomic E-state index is 0.0205. The number of fused-ring (bicyclic) bond motifs is 1. The number of nitrogens with two attached hydrogens (primary N) is 1. The van der Waals surface area contributed by atoms with Crippen molar-refractivity contribution in [1.82, 2.24) is 24.3 Å². The Kier molecular flexibility index (Phi) is 5.51. The van der Waals surface area contributed by atoms with Gasteiger partial charge in [-0.2, -0.15) is 0 Å². The van der Waals surface area contributed by atoms with E-state index in [0.717, 1.165) is 42.1 Å². The summed E-state index contributed by atoms with van der Waals surface area (Å²) in [4.78, 5) is 25.9. The van der Waals surface area contributed by atoms with Crippen molar-refractivity contribution in [3.8, 4) is 0 Å². The zero-order chi connectivity index (χ0) is 27.5. The monoisotopic (exact) mass is 604 g/mol. The van der Waals surface area contributed by atoms with Gasteiger partial charge in [-0.25, -0.2) is 14.8 Å². The van der Waals surface area contributed by atoms with Crippen molar-refractivity contribution >= 4 is 38.9 Å². The number of halogens is 1. The van der Waals surface area contributed by atoms with E-state index in [2.05, 4.69) is 30.8 Å². The van der Waals surface area contributed by atoms with Crippen LogP contribution in [0.1, 0.15) is 66.5 Å². The molecule has 2 spiro atoms. The highest BCUT2D eigenvalue weighted by molar-refractivity contribution is 9.10. The standard InChI is InChI=1S/C27H37BrN6O5/c1-24(2,3)38-23(35)32-11-8-26(9-12-32)7-6-10-34(26)17-18-27(17)19(37-25(4,5)39-27)22(36-18)33-13-15(28)16-20(29)30-14-31-21(16)33/h13-14,17-19,22H,6-12H2,1-5H3,(H2,29,30,31)/t17?,18-,19+,22-,27-/m1/s1. The number of ether oxygens (including phenoxy) is 4. The van der Waals surface area contributed by atoms with E-state index in [4.69, 9.17) is 24.7 Å². The largest absolute Gasteiger partial charge is 0.444 e. The van der Waals surface area contributed by atoms with Crippen molar-refractivity contribution < 1.29 is 23.7 Å². The number of likely N-dealkylation sites (tertiary alicyclic amines) is 2. The first kappa shape index (κ1) is 25.9. The fourth-order valence-corrected chi connectivity index (χ4v) is 8.21. The van der Waals surface area contributed by atoms with Gasteiger partial charge in [-0.1, -0.05) is 0 Å². The molecule has 212 valence electrons. The minimum atomic E-state index is -0.735. The fraction of sp³-hybridized carbons (Fsp3) is 0.741. The van der Waals surface area contributed by atoms with Crippen molar-refractivity contribution in [1.29, 1.82) is 0 Å². The second-order valence-electron chi connectivity index (χ2n) is 13.1. The normalized spacial score (nSPS) is 35.0. The zero-order valence-electron chi connectivity index (χ0n) is 23.1. The topological polar surface area (TPSA) is 117 Å². The van der Waals surface area contributed by atoms with E-state index in [-0.39, 0.29) is 29.9 Å². The van der Waals surface area contributed by atoms with Crippen LogP contribution in [-0.2, 0) is 18.9 Å². The summed E-state index contributed by atoms with van der Waals surface area (Å²) in [5, 5.41) is 0.765. The number of nitrogen functional groups attached to an aromatic ring is 1.